The second-order valence-corrected chi connectivity index (χ2v) is 12.0. The molecule has 8 heteroatoms. The maximum Gasteiger partial charge on any atom is 0.227 e. The number of hydrogen-bond donors (Lipinski definition) is 1. The largest absolute Gasteiger partial charge is 0.369 e. The van der Waals surface area contributed by atoms with Crippen LogP contribution in [0.2, 0.25) is 0 Å². The van der Waals surface area contributed by atoms with Crippen LogP contribution in [0.25, 0.3) is 0 Å². The Balaban J connectivity index is 1.18. The van der Waals surface area contributed by atoms with Gasteiger partial charge in [-0.2, -0.15) is 4.31 Å². The molecule has 1 aromatic carbocycles. The Labute approximate surface area is 199 Å². The van der Waals surface area contributed by atoms with E-state index in [4.69, 9.17) is 0 Å². The first-order valence-electron chi connectivity index (χ1n) is 12.8. The quantitative estimate of drug-likeness (QED) is 0.523. The number of sulfonamides is 1. The van der Waals surface area contributed by atoms with Crippen LogP contribution in [0.5, 0.6) is 0 Å². The third kappa shape index (κ3) is 7.17. The van der Waals surface area contributed by atoms with Gasteiger partial charge in [-0.3, -0.25) is 9.69 Å². The summed E-state index contributed by atoms with van der Waals surface area (Å²) in [6, 6.07) is 8.40. The molecule has 3 aliphatic rings. The molecule has 3 fully saturated rings. The number of nitrogens with zero attached hydrogens (tertiary/aromatic N) is 3. The van der Waals surface area contributed by atoms with E-state index in [1.54, 1.807) is 4.31 Å². The predicted octanol–water partition coefficient (Wildman–Crippen LogP) is 3.53. The van der Waals surface area contributed by atoms with E-state index in [9.17, 15) is 13.2 Å². The Bertz CT molecular complexity index is 889. The Morgan fingerprint density at radius 2 is 1.76 bits per heavy atom. The van der Waals surface area contributed by atoms with Gasteiger partial charge in [0.15, 0.2) is 0 Å². The van der Waals surface area contributed by atoms with Gasteiger partial charge in [0.1, 0.15) is 0 Å². The first kappa shape index (κ1) is 24.5. The van der Waals surface area contributed by atoms with Crippen molar-refractivity contribution in [1.82, 2.24) is 9.21 Å². The monoisotopic (exact) mass is 476 g/mol. The number of amides is 1. The SMILES string of the molecule is CS(=O)(=O)N(CCCCN1CCN(c2cccc(NC(=O)C3CC3)c2)CC1)C1CCCCC1. The van der Waals surface area contributed by atoms with Crippen molar-refractivity contribution in [1.29, 1.82) is 0 Å². The molecule has 0 unspecified atom stereocenters. The Morgan fingerprint density at radius 3 is 2.42 bits per heavy atom. The standard InChI is InChI=1S/C25H40N4O3S/c1-33(31,32)29(23-9-3-2-4-10-23)15-6-5-14-27-16-18-28(19-17-27)24-11-7-8-22(20-24)26-25(30)21-12-13-21/h7-8,11,20-21,23H,2-6,9-10,12-19H2,1H3,(H,26,30). The second kappa shape index (κ2) is 11.2. The van der Waals surface area contributed by atoms with E-state index in [1.807, 2.05) is 12.1 Å². The van der Waals surface area contributed by atoms with Crippen molar-refractivity contribution in [3.63, 3.8) is 0 Å². The number of anilines is 2. The van der Waals surface area contributed by atoms with E-state index in [0.29, 0.717) is 6.54 Å². The highest BCUT2D eigenvalue weighted by Gasteiger charge is 2.30. The molecule has 0 radical (unpaired) electrons. The molecular weight excluding hydrogens is 436 g/mol. The van der Waals surface area contributed by atoms with Crippen molar-refractivity contribution in [3.05, 3.63) is 24.3 Å². The highest BCUT2D eigenvalue weighted by molar-refractivity contribution is 7.88. The fourth-order valence-electron chi connectivity index (χ4n) is 5.19. The summed E-state index contributed by atoms with van der Waals surface area (Å²) in [5.41, 5.74) is 2.06. The molecule has 0 atom stereocenters. The molecule has 1 amide bonds. The van der Waals surface area contributed by atoms with Crippen LogP contribution < -0.4 is 10.2 Å². The normalized spacial score (nSPS) is 20.8. The summed E-state index contributed by atoms with van der Waals surface area (Å²) in [6.07, 6.45) is 10.9. The van der Waals surface area contributed by atoms with Gasteiger partial charge in [0.05, 0.1) is 6.26 Å². The first-order chi connectivity index (χ1) is 15.9. The van der Waals surface area contributed by atoms with Gasteiger partial charge in [-0.05, 0) is 63.3 Å². The zero-order valence-electron chi connectivity index (χ0n) is 20.0. The molecule has 1 aromatic rings. The van der Waals surface area contributed by atoms with E-state index < -0.39 is 10.0 Å². The minimum atomic E-state index is -3.13. The topological polar surface area (TPSA) is 73.0 Å². The summed E-state index contributed by atoms with van der Waals surface area (Å²) >= 11 is 0. The maximum atomic E-state index is 12.3. The van der Waals surface area contributed by atoms with Crippen molar-refractivity contribution in [2.75, 3.05) is 55.7 Å². The summed E-state index contributed by atoms with van der Waals surface area (Å²) < 4.78 is 26.4. The van der Waals surface area contributed by atoms with E-state index in [2.05, 4.69) is 27.2 Å². The van der Waals surface area contributed by atoms with E-state index >= 15 is 0 Å². The van der Waals surface area contributed by atoms with Crippen molar-refractivity contribution in [3.8, 4) is 0 Å². The number of hydrogen-bond acceptors (Lipinski definition) is 5. The van der Waals surface area contributed by atoms with Crippen LogP contribution in [0.1, 0.15) is 57.8 Å². The lowest BCUT2D eigenvalue weighted by molar-refractivity contribution is -0.117. The fourth-order valence-corrected chi connectivity index (χ4v) is 6.40. The summed E-state index contributed by atoms with van der Waals surface area (Å²) in [5, 5.41) is 3.05. The zero-order chi connectivity index (χ0) is 23.3. The van der Waals surface area contributed by atoms with Crippen LogP contribution in [-0.2, 0) is 14.8 Å². The summed E-state index contributed by atoms with van der Waals surface area (Å²) in [6.45, 7) is 5.64. The lowest BCUT2D eigenvalue weighted by atomic mass is 9.95. The van der Waals surface area contributed by atoms with Gasteiger partial charge in [-0.25, -0.2) is 8.42 Å². The van der Waals surface area contributed by atoms with Crippen LogP contribution in [0.3, 0.4) is 0 Å². The molecule has 0 spiro atoms. The van der Waals surface area contributed by atoms with Crippen LogP contribution in [0.15, 0.2) is 24.3 Å². The minimum Gasteiger partial charge on any atom is -0.369 e. The van der Waals surface area contributed by atoms with Gasteiger partial charge in [0.25, 0.3) is 0 Å². The van der Waals surface area contributed by atoms with Crippen LogP contribution in [0.4, 0.5) is 11.4 Å². The highest BCUT2D eigenvalue weighted by Crippen LogP contribution is 2.31. The van der Waals surface area contributed by atoms with Gasteiger partial charge in [-0.15, -0.1) is 0 Å². The van der Waals surface area contributed by atoms with Crippen LogP contribution in [-0.4, -0.2) is 75.1 Å². The first-order valence-corrected chi connectivity index (χ1v) is 14.6. The van der Waals surface area contributed by atoms with Gasteiger partial charge in [0.2, 0.25) is 15.9 Å². The lowest BCUT2D eigenvalue weighted by Gasteiger charge is -2.36. The molecule has 0 bridgehead atoms. The minimum absolute atomic E-state index is 0.148. The molecule has 1 saturated heterocycles. The molecule has 1 N–H and O–H groups in total. The average Bonchev–Trinajstić information content (AvgIpc) is 3.65. The van der Waals surface area contributed by atoms with Crippen molar-refractivity contribution in [2.45, 2.75) is 63.8 Å². The van der Waals surface area contributed by atoms with Crippen molar-refractivity contribution in [2.24, 2.45) is 5.92 Å². The number of nitrogens with one attached hydrogen (secondary N) is 1. The molecule has 184 valence electrons. The van der Waals surface area contributed by atoms with Crippen LogP contribution >= 0.6 is 0 Å². The van der Waals surface area contributed by atoms with Gasteiger partial charge in [0, 0.05) is 56.1 Å². The molecule has 7 nitrogen and oxygen atoms in total. The number of carbonyl (C=O) groups excluding carboxylic acids is 1. The molecule has 1 heterocycles. The van der Waals surface area contributed by atoms with Crippen molar-refractivity contribution >= 4 is 27.3 Å². The Kier molecular flexibility index (Phi) is 8.30. The molecule has 2 aliphatic carbocycles. The molecule has 2 saturated carbocycles. The number of rotatable bonds is 10. The third-order valence-electron chi connectivity index (χ3n) is 7.31. The summed E-state index contributed by atoms with van der Waals surface area (Å²) in [4.78, 5) is 16.9. The third-order valence-corrected chi connectivity index (χ3v) is 8.64. The smallest absolute Gasteiger partial charge is 0.227 e. The number of unbranched alkanes of at least 4 members (excludes halogenated alkanes) is 1. The number of carbonyl (C=O) groups is 1. The van der Waals surface area contributed by atoms with Gasteiger partial charge < -0.3 is 10.2 Å². The summed E-state index contributed by atoms with van der Waals surface area (Å²) in [5.74, 6) is 0.360. The van der Waals surface area contributed by atoms with E-state index in [0.717, 1.165) is 89.8 Å². The van der Waals surface area contributed by atoms with E-state index in [-0.39, 0.29) is 17.9 Å². The predicted molar refractivity (Wildman–Crippen MR) is 134 cm³/mol. The van der Waals surface area contributed by atoms with E-state index in [1.165, 1.54) is 18.4 Å². The molecule has 1 aliphatic heterocycles. The molecular formula is C25H40N4O3S. The zero-order valence-corrected chi connectivity index (χ0v) is 20.9. The number of piperazine rings is 1. The van der Waals surface area contributed by atoms with Crippen LogP contribution in [0, 0.1) is 5.92 Å². The van der Waals surface area contributed by atoms with Crippen molar-refractivity contribution < 1.29 is 13.2 Å². The van der Waals surface area contributed by atoms with Gasteiger partial charge in [-0.1, -0.05) is 25.3 Å². The number of benzene rings is 1. The maximum absolute atomic E-state index is 12.3. The fraction of sp³-hybridized carbons (Fsp3) is 0.720. The molecule has 33 heavy (non-hydrogen) atoms. The Morgan fingerprint density at radius 1 is 1.03 bits per heavy atom. The highest BCUT2D eigenvalue weighted by atomic mass is 32.2. The summed E-state index contributed by atoms with van der Waals surface area (Å²) in [7, 11) is -3.13. The molecule has 4 rings (SSSR count). The lowest BCUT2D eigenvalue weighted by Crippen LogP contribution is -2.46. The second-order valence-electron chi connectivity index (χ2n) is 10.0. The molecule has 0 aromatic heterocycles. The average molecular weight is 477 g/mol. The van der Waals surface area contributed by atoms with Gasteiger partial charge >= 0.3 is 0 Å². The Hall–Kier alpha value is -1.64.